The molecule has 224 valence electrons. The Morgan fingerprint density at radius 1 is 1.10 bits per heavy atom. The molecule has 0 aromatic heterocycles. The number of hydrogen-bond donors (Lipinski definition) is 3. The van der Waals surface area contributed by atoms with Gasteiger partial charge in [0.1, 0.15) is 5.50 Å². The molecule has 3 aliphatic heterocycles. The summed E-state index contributed by atoms with van der Waals surface area (Å²) in [6, 6.07) is 2.86. The SMILES string of the molecule is COC1CCC(C#N)CC1C1CC(C)NCC1C(=O)NC1NC2CN(C(=O)C3CCC(OC(F)F)CC3)CC2S1. The van der Waals surface area contributed by atoms with Crippen LogP contribution < -0.4 is 16.0 Å². The quantitative estimate of drug-likeness (QED) is 0.419. The van der Waals surface area contributed by atoms with E-state index >= 15 is 0 Å². The number of piperidine rings is 1. The second-order valence-corrected chi connectivity index (χ2v) is 13.7. The van der Waals surface area contributed by atoms with Crippen molar-refractivity contribution in [3.8, 4) is 6.07 Å². The topological polar surface area (TPSA) is 116 Å². The number of alkyl halides is 2. The minimum atomic E-state index is -2.76. The molecular weight excluding hydrogens is 540 g/mol. The van der Waals surface area contributed by atoms with Crippen molar-refractivity contribution >= 4 is 23.6 Å². The van der Waals surface area contributed by atoms with E-state index in [1.165, 1.54) is 0 Å². The van der Waals surface area contributed by atoms with Crippen LogP contribution in [0.25, 0.3) is 0 Å². The second kappa shape index (κ2) is 13.2. The number of rotatable bonds is 7. The molecule has 9 unspecified atom stereocenters. The molecule has 0 radical (unpaired) electrons. The van der Waals surface area contributed by atoms with E-state index in [0.717, 1.165) is 25.7 Å². The Morgan fingerprint density at radius 3 is 2.55 bits per heavy atom. The summed E-state index contributed by atoms with van der Waals surface area (Å²) in [6.45, 7) is 1.22. The van der Waals surface area contributed by atoms with Crippen molar-refractivity contribution in [1.29, 1.82) is 5.26 Å². The number of amides is 2. The molecule has 5 fully saturated rings. The van der Waals surface area contributed by atoms with E-state index in [9.17, 15) is 23.6 Å². The van der Waals surface area contributed by atoms with Gasteiger partial charge < -0.3 is 25.0 Å². The molecule has 3 saturated heterocycles. The van der Waals surface area contributed by atoms with E-state index in [4.69, 9.17) is 4.74 Å². The van der Waals surface area contributed by atoms with Crippen LogP contribution in [0.2, 0.25) is 0 Å². The number of carbonyl (C=O) groups excluding carboxylic acids is 2. The number of nitrogens with one attached hydrogen (secondary N) is 3. The van der Waals surface area contributed by atoms with Crippen molar-refractivity contribution in [1.82, 2.24) is 20.9 Å². The van der Waals surface area contributed by atoms with Gasteiger partial charge in [0.15, 0.2) is 0 Å². The minimum Gasteiger partial charge on any atom is -0.381 e. The number of thioether (sulfide) groups is 1. The largest absolute Gasteiger partial charge is 0.381 e. The van der Waals surface area contributed by atoms with E-state index in [-0.39, 0.29) is 64.3 Å². The van der Waals surface area contributed by atoms with Gasteiger partial charge in [0.05, 0.1) is 24.2 Å². The number of nitrogens with zero attached hydrogens (tertiary/aromatic N) is 2. The minimum absolute atomic E-state index is 0.0170. The summed E-state index contributed by atoms with van der Waals surface area (Å²) in [5.41, 5.74) is -0.210. The first-order valence-corrected chi connectivity index (χ1v) is 15.8. The lowest BCUT2D eigenvalue weighted by atomic mass is 9.66. The van der Waals surface area contributed by atoms with Crippen LogP contribution in [0.15, 0.2) is 0 Å². The van der Waals surface area contributed by atoms with Crippen LogP contribution in [-0.4, -0.2) is 85.1 Å². The maximum atomic E-state index is 13.6. The van der Waals surface area contributed by atoms with Gasteiger partial charge in [-0.25, -0.2) is 0 Å². The molecule has 2 saturated carbocycles. The molecule has 3 heterocycles. The number of methoxy groups -OCH3 is 1. The van der Waals surface area contributed by atoms with Gasteiger partial charge in [-0.05, 0) is 70.1 Å². The molecule has 0 bridgehead atoms. The molecule has 2 aliphatic carbocycles. The maximum absolute atomic E-state index is 13.6. The third-order valence-corrected chi connectivity index (χ3v) is 11.2. The standard InChI is InChI=1S/C28H43F2N5O4S/c1-15-9-19(20-10-16(11-31)3-8-23(20)38-2)21(12-32-15)25(36)34-28-33-22-13-35(14-24(22)40-28)26(37)17-4-6-18(7-5-17)39-27(29)30/h15-24,27-28,32-33H,3-10,12-14H2,1-2H3,(H,34,36). The van der Waals surface area contributed by atoms with Crippen LogP contribution in [-0.2, 0) is 19.1 Å². The second-order valence-electron chi connectivity index (χ2n) is 12.3. The van der Waals surface area contributed by atoms with E-state index in [1.54, 1.807) is 18.9 Å². The Kier molecular flexibility index (Phi) is 9.88. The number of carbonyl (C=O) groups is 2. The van der Waals surface area contributed by atoms with Crippen molar-refractivity contribution < 1.29 is 27.8 Å². The predicted molar refractivity (Wildman–Crippen MR) is 146 cm³/mol. The van der Waals surface area contributed by atoms with Crippen LogP contribution in [0.1, 0.15) is 58.3 Å². The first-order valence-electron chi connectivity index (χ1n) is 14.9. The normalized spacial score (nSPS) is 41.9. The predicted octanol–water partition coefficient (Wildman–Crippen LogP) is 2.67. The molecule has 5 rings (SSSR count). The van der Waals surface area contributed by atoms with E-state index in [2.05, 4.69) is 33.7 Å². The van der Waals surface area contributed by atoms with Crippen LogP contribution in [0.4, 0.5) is 8.78 Å². The zero-order chi connectivity index (χ0) is 28.4. The highest BCUT2D eigenvalue weighted by molar-refractivity contribution is 8.00. The van der Waals surface area contributed by atoms with Gasteiger partial charge in [0.25, 0.3) is 0 Å². The van der Waals surface area contributed by atoms with Crippen molar-refractivity contribution in [3.05, 3.63) is 0 Å². The highest BCUT2D eigenvalue weighted by atomic mass is 32.2. The monoisotopic (exact) mass is 583 g/mol. The lowest BCUT2D eigenvalue weighted by Crippen LogP contribution is -2.55. The summed E-state index contributed by atoms with van der Waals surface area (Å²) in [5.74, 6) is 0.158. The van der Waals surface area contributed by atoms with Crippen molar-refractivity contribution in [3.63, 3.8) is 0 Å². The summed E-state index contributed by atoms with van der Waals surface area (Å²) >= 11 is 1.67. The van der Waals surface area contributed by atoms with Crippen molar-refractivity contribution in [2.75, 3.05) is 26.7 Å². The van der Waals surface area contributed by atoms with Gasteiger partial charge in [0, 0.05) is 55.9 Å². The zero-order valence-corrected chi connectivity index (χ0v) is 24.2. The Labute approximate surface area is 239 Å². The van der Waals surface area contributed by atoms with Gasteiger partial charge in [-0.2, -0.15) is 14.0 Å². The highest BCUT2D eigenvalue weighted by Crippen LogP contribution is 2.42. The third-order valence-electron chi connectivity index (χ3n) is 9.88. The molecule has 0 spiro atoms. The summed E-state index contributed by atoms with van der Waals surface area (Å²) in [5, 5.41) is 20.0. The number of halogens is 2. The lowest BCUT2D eigenvalue weighted by molar-refractivity contribution is -0.172. The molecule has 40 heavy (non-hydrogen) atoms. The molecule has 5 aliphatic rings. The molecule has 0 aromatic rings. The fourth-order valence-corrected chi connectivity index (χ4v) is 9.16. The fraction of sp³-hybridized carbons (Fsp3) is 0.893. The molecule has 9 nitrogen and oxygen atoms in total. The fourth-order valence-electron chi connectivity index (χ4n) is 7.76. The Balaban J connectivity index is 1.12. The number of nitriles is 1. The van der Waals surface area contributed by atoms with Crippen molar-refractivity contribution in [2.45, 2.75) is 99.9 Å². The average molecular weight is 584 g/mol. The molecular formula is C28H43F2N5O4S. The summed E-state index contributed by atoms with van der Waals surface area (Å²) in [7, 11) is 1.74. The molecule has 0 aromatic carbocycles. The molecule has 2 amide bonds. The highest BCUT2D eigenvalue weighted by Gasteiger charge is 2.47. The van der Waals surface area contributed by atoms with Crippen LogP contribution in [0.5, 0.6) is 0 Å². The smallest absolute Gasteiger partial charge is 0.345 e. The van der Waals surface area contributed by atoms with E-state index in [1.807, 2.05) is 4.90 Å². The molecule has 9 atom stereocenters. The van der Waals surface area contributed by atoms with Crippen LogP contribution >= 0.6 is 11.8 Å². The Bertz CT molecular complexity index is 934. The molecule has 3 N–H and O–H groups in total. The summed E-state index contributed by atoms with van der Waals surface area (Å²) in [4.78, 5) is 28.6. The number of hydrogen-bond acceptors (Lipinski definition) is 8. The van der Waals surface area contributed by atoms with E-state index in [0.29, 0.717) is 51.4 Å². The van der Waals surface area contributed by atoms with Gasteiger partial charge >= 0.3 is 6.61 Å². The number of ether oxygens (including phenoxy) is 2. The summed E-state index contributed by atoms with van der Waals surface area (Å²) in [6.07, 6.45) is 5.11. The number of likely N-dealkylation sites (tertiary alicyclic amines) is 1. The lowest BCUT2D eigenvalue weighted by Gasteiger charge is -2.44. The van der Waals surface area contributed by atoms with Gasteiger partial charge in [-0.1, -0.05) is 0 Å². The molecule has 12 heteroatoms. The Morgan fingerprint density at radius 2 is 1.88 bits per heavy atom. The maximum Gasteiger partial charge on any atom is 0.345 e. The van der Waals surface area contributed by atoms with Gasteiger partial charge in [-0.3, -0.25) is 14.9 Å². The van der Waals surface area contributed by atoms with E-state index < -0.39 is 12.7 Å². The number of fused-ring (bicyclic) bond motifs is 1. The first kappa shape index (κ1) is 30.0. The van der Waals surface area contributed by atoms with Gasteiger partial charge in [-0.15, -0.1) is 11.8 Å². The van der Waals surface area contributed by atoms with Crippen molar-refractivity contribution in [2.24, 2.45) is 29.6 Å². The Hall–Kier alpha value is -1.52. The third kappa shape index (κ3) is 6.75. The first-order chi connectivity index (χ1) is 19.2. The summed E-state index contributed by atoms with van der Waals surface area (Å²) < 4.78 is 35.5. The van der Waals surface area contributed by atoms with Gasteiger partial charge in [0.2, 0.25) is 11.8 Å². The average Bonchev–Trinajstić information content (AvgIpc) is 3.51. The van der Waals surface area contributed by atoms with Crippen LogP contribution in [0.3, 0.4) is 0 Å². The van der Waals surface area contributed by atoms with Crippen LogP contribution in [0, 0.1) is 40.9 Å². The zero-order valence-electron chi connectivity index (χ0n) is 23.4.